The van der Waals surface area contributed by atoms with Gasteiger partial charge in [-0.05, 0) is 31.7 Å². The number of amides is 2. The second-order valence-corrected chi connectivity index (χ2v) is 6.69. The number of rotatable bonds is 5. The molecule has 0 unspecified atom stereocenters. The fourth-order valence-electron chi connectivity index (χ4n) is 3.19. The molecule has 1 aliphatic carbocycles. The second-order valence-electron chi connectivity index (χ2n) is 6.69. The minimum atomic E-state index is -0.496. The number of nitrogens with two attached hydrogens (primary N) is 1. The third-order valence-electron chi connectivity index (χ3n) is 4.60. The molecule has 2 atom stereocenters. The summed E-state index contributed by atoms with van der Waals surface area (Å²) in [5, 5.41) is 0. The fraction of sp³-hybridized carbons (Fsp3) is 0.556. The minimum Gasteiger partial charge on any atom is -0.445 e. The molecule has 2 fully saturated rings. The molecule has 6 heteroatoms. The van der Waals surface area contributed by atoms with E-state index in [1.807, 2.05) is 35.2 Å². The third kappa shape index (κ3) is 3.87. The molecule has 0 aromatic heterocycles. The van der Waals surface area contributed by atoms with E-state index in [1.54, 1.807) is 11.8 Å². The van der Waals surface area contributed by atoms with Gasteiger partial charge < -0.3 is 20.3 Å². The standard InChI is InChI=1S/C18H25N3O3/c1-13(19)17(22)21(15-7-8-15)16-9-10-20(11-16)18(23)24-12-14-5-3-2-4-6-14/h2-6,13,15-16H,7-12,19H2,1H3/t13-,16+/m0/s1. The Bertz CT molecular complexity index is 586. The molecule has 1 aliphatic heterocycles. The summed E-state index contributed by atoms with van der Waals surface area (Å²) < 4.78 is 5.38. The number of ether oxygens (including phenoxy) is 1. The molecule has 0 bridgehead atoms. The quantitative estimate of drug-likeness (QED) is 0.891. The maximum absolute atomic E-state index is 12.4. The van der Waals surface area contributed by atoms with Gasteiger partial charge in [-0.1, -0.05) is 30.3 Å². The normalized spacial score (nSPS) is 21.4. The fourth-order valence-corrected chi connectivity index (χ4v) is 3.19. The summed E-state index contributed by atoms with van der Waals surface area (Å²) in [6, 6.07) is 9.48. The van der Waals surface area contributed by atoms with Gasteiger partial charge in [0.1, 0.15) is 6.61 Å². The van der Waals surface area contributed by atoms with Crippen LogP contribution in [-0.4, -0.2) is 53.0 Å². The van der Waals surface area contributed by atoms with Crippen molar-refractivity contribution in [1.29, 1.82) is 0 Å². The van der Waals surface area contributed by atoms with Crippen LogP contribution in [0.2, 0.25) is 0 Å². The van der Waals surface area contributed by atoms with E-state index in [9.17, 15) is 9.59 Å². The number of hydrogen-bond donors (Lipinski definition) is 1. The molecular formula is C18H25N3O3. The maximum atomic E-state index is 12.4. The lowest BCUT2D eigenvalue weighted by atomic mass is 10.2. The van der Waals surface area contributed by atoms with E-state index in [0.29, 0.717) is 19.1 Å². The van der Waals surface area contributed by atoms with Gasteiger partial charge >= 0.3 is 6.09 Å². The Balaban J connectivity index is 1.54. The van der Waals surface area contributed by atoms with Crippen molar-refractivity contribution in [3.8, 4) is 0 Å². The van der Waals surface area contributed by atoms with E-state index in [4.69, 9.17) is 10.5 Å². The molecule has 0 radical (unpaired) electrons. The van der Waals surface area contributed by atoms with Gasteiger partial charge in [0, 0.05) is 19.1 Å². The van der Waals surface area contributed by atoms with Crippen LogP contribution < -0.4 is 5.73 Å². The van der Waals surface area contributed by atoms with Gasteiger partial charge in [0.15, 0.2) is 0 Å². The van der Waals surface area contributed by atoms with Crippen molar-refractivity contribution in [3.63, 3.8) is 0 Å². The van der Waals surface area contributed by atoms with E-state index in [2.05, 4.69) is 0 Å². The van der Waals surface area contributed by atoms with Gasteiger partial charge in [-0.25, -0.2) is 4.79 Å². The van der Waals surface area contributed by atoms with Gasteiger partial charge in [-0.2, -0.15) is 0 Å². The lowest BCUT2D eigenvalue weighted by Gasteiger charge is -2.30. The molecule has 3 rings (SSSR count). The van der Waals surface area contributed by atoms with E-state index < -0.39 is 6.04 Å². The largest absolute Gasteiger partial charge is 0.445 e. The zero-order valence-corrected chi connectivity index (χ0v) is 14.1. The van der Waals surface area contributed by atoms with Crippen LogP contribution in [0.25, 0.3) is 0 Å². The molecular weight excluding hydrogens is 306 g/mol. The average Bonchev–Trinajstić information content (AvgIpc) is 3.30. The number of benzene rings is 1. The Kier molecular flexibility index (Phi) is 5.04. The Morgan fingerprint density at radius 1 is 1.25 bits per heavy atom. The molecule has 2 N–H and O–H groups in total. The van der Waals surface area contributed by atoms with E-state index in [1.165, 1.54) is 0 Å². The summed E-state index contributed by atoms with van der Waals surface area (Å²) in [6.45, 7) is 3.14. The highest BCUT2D eigenvalue weighted by molar-refractivity contribution is 5.82. The van der Waals surface area contributed by atoms with Gasteiger partial charge in [0.25, 0.3) is 0 Å². The van der Waals surface area contributed by atoms with Gasteiger partial charge in [0.05, 0.1) is 12.1 Å². The molecule has 130 valence electrons. The Morgan fingerprint density at radius 2 is 1.96 bits per heavy atom. The van der Waals surface area contributed by atoms with Crippen LogP contribution in [0.3, 0.4) is 0 Å². The smallest absolute Gasteiger partial charge is 0.410 e. The SMILES string of the molecule is C[C@H](N)C(=O)N(C1CC1)[C@@H]1CCN(C(=O)OCc2ccccc2)C1. The molecule has 1 aromatic carbocycles. The van der Waals surface area contributed by atoms with Crippen LogP contribution in [0.4, 0.5) is 4.79 Å². The Hall–Kier alpha value is -2.08. The zero-order chi connectivity index (χ0) is 17.1. The Morgan fingerprint density at radius 3 is 2.58 bits per heavy atom. The number of carbonyl (C=O) groups is 2. The summed E-state index contributed by atoms with van der Waals surface area (Å²) in [5.41, 5.74) is 6.75. The van der Waals surface area contributed by atoms with Crippen LogP contribution in [0.15, 0.2) is 30.3 Å². The van der Waals surface area contributed by atoms with Crippen LogP contribution in [-0.2, 0) is 16.1 Å². The maximum Gasteiger partial charge on any atom is 0.410 e. The van der Waals surface area contributed by atoms with Gasteiger partial charge in [-0.3, -0.25) is 4.79 Å². The highest BCUT2D eigenvalue weighted by Gasteiger charge is 2.41. The van der Waals surface area contributed by atoms with Crippen molar-refractivity contribution in [2.75, 3.05) is 13.1 Å². The van der Waals surface area contributed by atoms with Crippen molar-refractivity contribution >= 4 is 12.0 Å². The molecule has 2 aliphatic rings. The highest BCUT2D eigenvalue weighted by Crippen LogP contribution is 2.32. The number of carbonyl (C=O) groups excluding carboxylic acids is 2. The molecule has 1 saturated heterocycles. The number of hydrogen-bond acceptors (Lipinski definition) is 4. The third-order valence-corrected chi connectivity index (χ3v) is 4.60. The molecule has 0 spiro atoms. The van der Waals surface area contributed by atoms with Crippen LogP contribution in [0, 0.1) is 0 Å². The number of likely N-dealkylation sites (tertiary alicyclic amines) is 1. The van der Waals surface area contributed by atoms with Crippen LogP contribution in [0.1, 0.15) is 31.7 Å². The first kappa shape index (κ1) is 16.8. The zero-order valence-electron chi connectivity index (χ0n) is 14.1. The molecule has 2 amide bonds. The van der Waals surface area contributed by atoms with Crippen molar-refractivity contribution in [3.05, 3.63) is 35.9 Å². The van der Waals surface area contributed by atoms with E-state index in [-0.39, 0.29) is 24.6 Å². The van der Waals surface area contributed by atoms with E-state index in [0.717, 1.165) is 24.8 Å². The highest BCUT2D eigenvalue weighted by atomic mass is 16.6. The summed E-state index contributed by atoms with van der Waals surface area (Å²) in [4.78, 5) is 28.2. The van der Waals surface area contributed by atoms with Crippen molar-refractivity contribution in [2.45, 2.75) is 50.9 Å². The average molecular weight is 331 g/mol. The van der Waals surface area contributed by atoms with E-state index >= 15 is 0 Å². The summed E-state index contributed by atoms with van der Waals surface area (Å²) in [7, 11) is 0. The summed E-state index contributed by atoms with van der Waals surface area (Å²) >= 11 is 0. The van der Waals surface area contributed by atoms with Crippen LogP contribution >= 0.6 is 0 Å². The minimum absolute atomic E-state index is 0.0120. The molecule has 24 heavy (non-hydrogen) atoms. The van der Waals surface area contributed by atoms with Gasteiger partial charge in [0.2, 0.25) is 5.91 Å². The molecule has 1 aromatic rings. The topological polar surface area (TPSA) is 75.9 Å². The summed E-state index contributed by atoms with van der Waals surface area (Å²) in [5.74, 6) is -0.0120. The predicted octanol–water partition coefficient (Wildman–Crippen LogP) is 1.74. The van der Waals surface area contributed by atoms with Gasteiger partial charge in [-0.15, -0.1) is 0 Å². The first-order valence-electron chi connectivity index (χ1n) is 8.59. The van der Waals surface area contributed by atoms with Crippen LogP contribution in [0.5, 0.6) is 0 Å². The Labute approximate surface area is 142 Å². The van der Waals surface area contributed by atoms with Crippen molar-refractivity contribution < 1.29 is 14.3 Å². The first-order valence-corrected chi connectivity index (χ1v) is 8.59. The monoisotopic (exact) mass is 331 g/mol. The lowest BCUT2D eigenvalue weighted by molar-refractivity contribution is -0.135. The lowest BCUT2D eigenvalue weighted by Crippen LogP contribution is -2.50. The predicted molar refractivity (Wildman–Crippen MR) is 90.1 cm³/mol. The molecule has 6 nitrogen and oxygen atoms in total. The second kappa shape index (κ2) is 7.21. The van der Waals surface area contributed by atoms with Crippen molar-refractivity contribution in [2.24, 2.45) is 5.73 Å². The summed E-state index contributed by atoms with van der Waals surface area (Å²) in [6.07, 6.45) is 2.54. The van der Waals surface area contributed by atoms with Crippen molar-refractivity contribution in [1.82, 2.24) is 9.80 Å². The first-order chi connectivity index (χ1) is 11.6. The number of nitrogens with zero attached hydrogens (tertiary/aromatic N) is 2. The molecule has 1 heterocycles. The molecule has 1 saturated carbocycles.